The first kappa shape index (κ1) is 12.2. The van der Waals surface area contributed by atoms with Crippen LogP contribution in [0.15, 0.2) is 18.5 Å². The molecule has 0 bridgehead atoms. The van der Waals surface area contributed by atoms with Crippen molar-refractivity contribution in [3.8, 4) is 0 Å². The summed E-state index contributed by atoms with van der Waals surface area (Å²) in [5.74, 6) is 0. The van der Waals surface area contributed by atoms with Crippen LogP contribution in [0.1, 0.15) is 40.0 Å². The zero-order valence-electron chi connectivity index (χ0n) is 11.1. The molecule has 1 atom stereocenters. The fourth-order valence-electron chi connectivity index (χ4n) is 2.78. The molecule has 0 radical (unpaired) electrons. The van der Waals surface area contributed by atoms with Crippen LogP contribution < -0.4 is 10.6 Å². The van der Waals surface area contributed by atoms with E-state index in [9.17, 15) is 0 Å². The van der Waals surface area contributed by atoms with Gasteiger partial charge in [0.05, 0.1) is 17.6 Å². The smallest absolute Gasteiger partial charge is 0.0738 e. The first-order valence-electron chi connectivity index (χ1n) is 6.46. The van der Waals surface area contributed by atoms with Crippen LogP contribution in [0.5, 0.6) is 0 Å². The van der Waals surface area contributed by atoms with E-state index < -0.39 is 0 Å². The zero-order chi connectivity index (χ0) is 12.5. The summed E-state index contributed by atoms with van der Waals surface area (Å²) in [5.41, 5.74) is 8.29. The van der Waals surface area contributed by atoms with Crippen molar-refractivity contribution in [2.24, 2.45) is 5.41 Å². The molecule has 1 fully saturated rings. The summed E-state index contributed by atoms with van der Waals surface area (Å²) >= 11 is 0. The van der Waals surface area contributed by atoms with E-state index in [-0.39, 0.29) is 5.41 Å². The number of hydrogen-bond acceptors (Lipinski definition) is 3. The van der Waals surface area contributed by atoms with Crippen LogP contribution in [0.3, 0.4) is 0 Å². The molecule has 0 aromatic carbocycles. The van der Waals surface area contributed by atoms with Crippen molar-refractivity contribution in [3.63, 3.8) is 0 Å². The number of nitrogens with zero attached hydrogens (tertiary/aromatic N) is 2. The van der Waals surface area contributed by atoms with Gasteiger partial charge in [-0.1, -0.05) is 20.8 Å². The van der Waals surface area contributed by atoms with E-state index in [2.05, 4.69) is 30.7 Å². The molecule has 1 aliphatic heterocycles. The Labute approximate surface area is 104 Å². The first-order chi connectivity index (χ1) is 8.00. The molecule has 2 heterocycles. The van der Waals surface area contributed by atoms with E-state index in [1.54, 1.807) is 6.20 Å². The molecule has 0 aliphatic carbocycles. The molecule has 0 unspecified atom stereocenters. The summed E-state index contributed by atoms with van der Waals surface area (Å²) in [5, 5.41) is 0. The SMILES string of the molecule is CC(C)(C)[C@@H]1CCCCN1c1ccncc1N. The highest BCUT2D eigenvalue weighted by molar-refractivity contribution is 5.66. The van der Waals surface area contributed by atoms with Crippen LogP contribution in [0.25, 0.3) is 0 Å². The number of nitrogens with two attached hydrogens (primary N) is 1. The van der Waals surface area contributed by atoms with Crippen molar-refractivity contribution in [1.29, 1.82) is 0 Å². The van der Waals surface area contributed by atoms with Crippen LogP contribution in [-0.2, 0) is 0 Å². The Morgan fingerprint density at radius 3 is 2.76 bits per heavy atom. The van der Waals surface area contributed by atoms with E-state index >= 15 is 0 Å². The standard InChI is InChI=1S/C14H23N3/c1-14(2,3)13-6-4-5-9-17(13)12-7-8-16-10-11(12)15/h7-8,10,13H,4-6,9,15H2,1-3H3/t13-/m0/s1. The Morgan fingerprint density at radius 1 is 1.35 bits per heavy atom. The van der Waals surface area contributed by atoms with Gasteiger partial charge in [-0.15, -0.1) is 0 Å². The topological polar surface area (TPSA) is 42.2 Å². The van der Waals surface area contributed by atoms with Crippen molar-refractivity contribution < 1.29 is 0 Å². The minimum absolute atomic E-state index is 0.288. The lowest BCUT2D eigenvalue weighted by atomic mass is 9.80. The molecule has 94 valence electrons. The molecule has 0 spiro atoms. The normalized spacial score (nSPS) is 21.6. The van der Waals surface area contributed by atoms with E-state index in [1.807, 2.05) is 12.3 Å². The summed E-state index contributed by atoms with van der Waals surface area (Å²) < 4.78 is 0. The average molecular weight is 233 g/mol. The fourth-order valence-corrected chi connectivity index (χ4v) is 2.78. The number of pyridine rings is 1. The molecule has 1 aromatic rings. The van der Waals surface area contributed by atoms with Gasteiger partial charge in [-0.05, 0) is 30.7 Å². The van der Waals surface area contributed by atoms with Gasteiger partial charge in [-0.25, -0.2) is 0 Å². The van der Waals surface area contributed by atoms with E-state index in [4.69, 9.17) is 5.73 Å². The molecule has 3 nitrogen and oxygen atoms in total. The fraction of sp³-hybridized carbons (Fsp3) is 0.643. The van der Waals surface area contributed by atoms with E-state index in [0.29, 0.717) is 6.04 Å². The van der Waals surface area contributed by atoms with Crippen LogP contribution in [0.2, 0.25) is 0 Å². The van der Waals surface area contributed by atoms with Crippen molar-refractivity contribution in [3.05, 3.63) is 18.5 Å². The van der Waals surface area contributed by atoms with E-state index in [1.165, 1.54) is 19.3 Å². The molecule has 0 saturated carbocycles. The van der Waals surface area contributed by atoms with Crippen molar-refractivity contribution in [2.45, 2.75) is 46.1 Å². The highest BCUT2D eigenvalue weighted by Crippen LogP contribution is 2.36. The van der Waals surface area contributed by atoms with Gasteiger partial charge in [0, 0.05) is 18.8 Å². The Hall–Kier alpha value is -1.25. The van der Waals surface area contributed by atoms with Gasteiger partial charge in [0.15, 0.2) is 0 Å². The third-order valence-corrected chi connectivity index (χ3v) is 3.64. The molecule has 2 rings (SSSR count). The maximum absolute atomic E-state index is 6.05. The molecule has 1 aliphatic rings. The Kier molecular flexibility index (Phi) is 3.27. The number of aromatic nitrogens is 1. The number of hydrogen-bond donors (Lipinski definition) is 1. The number of anilines is 2. The summed E-state index contributed by atoms with van der Waals surface area (Å²) in [7, 11) is 0. The summed E-state index contributed by atoms with van der Waals surface area (Å²) in [6, 6.07) is 2.61. The van der Waals surface area contributed by atoms with Crippen molar-refractivity contribution >= 4 is 11.4 Å². The Bertz CT molecular complexity index is 381. The molecule has 3 heteroatoms. The second kappa shape index (κ2) is 4.55. The molecule has 1 saturated heterocycles. The third kappa shape index (κ3) is 2.54. The van der Waals surface area contributed by atoms with Gasteiger partial charge in [-0.3, -0.25) is 4.98 Å². The summed E-state index contributed by atoms with van der Waals surface area (Å²) in [4.78, 5) is 6.55. The third-order valence-electron chi connectivity index (χ3n) is 3.64. The number of rotatable bonds is 1. The number of nitrogen functional groups attached to an aromatic ring is 1. The second-order valence-corrected chi connectivity index (χ2v) is 6.01. The van der Waals surface area contributed by atoms with Gasteiger partial charge < -0.3 is 10.6 Å². The van der Waals surface area contributed by atoms with Crippen molar-refractivity contribution in [2.75, 3.05) is 17.2 Å². The van der Waals surface area contributed by atoms with Crippen molar-refractivity contribution in [1.82, 2.24) is 4.98 Å². The highest BCUT2D eigenvalue weighted by Gasteiger charge is 2.33. The minimum atomic E-state index is 0.288. The zero-order valence-corrected chi connectivity index (χ0v) is 11.1. The van der Waals surface area contributed by atoms with Gasteiger partial charge >= 0.3 is 0 Å². The summed E-state index contributed by atoms with van der Waals surface area (Å²) in [6.45, 7) is 8.05. The Balaban J connectivity index is 2.32. The maximum Gasteiger partial charge on any atom is 0.0738 e. The molecule has 2 N–H and O–H groups in total. The van der Waals surface area contributed by atoms with Gasteiger partial charge in [0.2, 0.25) is 0 Å². The maximum atomic E-state index is 6.05. The largest absolute Gasteiger partial charge is 0.396 e. The van der Waals surface area contributed by atoms with Gasteiger partial charge in [0.25, 0.3) is 0 Å². The van der Waals surface area contributed by atoms with E-state index in [0.717, 1.165) is 17.9 Å². The van der Waals surface area contributed by atoms with Crippen LogP contribution in [0.4, 0.5) is 11.4 Å². The molecule has 17 heavy (non-hydrogen) atoms. The van der Waals surface area contributed by atoms with Crippen LogP contribution in [0, 0.1) is 5.41 Å². The molecule has 0 amide bonds. The molecule has 1 aromatic heterocycles. The van der Waals surface area contributed by atoms with Gasteiger partial charge in [-0.2, -0.15) is 0 Å². The lowest BCUT2D eigenvalue weighted by Crippen LogP contribution is -2.47. The monoisotopic (exact) mass is 233 g/mol. The predicted molar refractivity (Wildman–Crippen MR) is 73.1 cm³/mol. The molecular formula is C14H23N3. The average Bonchev–Trinajstić information content (AvgIpc) is 2.28. The quantitative estimate of drug-likeness (QED) is 0.810. The molecular weight excluding hydrogens is 210 g/mol. The Morgan fingerprint density at radius 2 is 2.12 bits per heavy atom. The number of piperidine rings is 1. The highest BCUT2D eigenvalue weighted by atomic mass is 15.2. The predicted octanol–water partition coefficient (Wildman–Crippen LogP) is 3.07. The van der Waals surface area contributed by atoms with Crippen LogP contribution >= 0.6 is 0 Å². The van der Waals surface area contributed by atoms with Crippen LogP contribution in [-0.4, -0.2) is 17.6 Å². The first-order valence-corrected chi connectivity index (χ1v) is 6.46. The van der Waals surface area contributed by atoms with Gasteiger partial charge in [0.1, 0.15) is 0 Å². The second-order valence-electron chi connectivity index (χ2n) is 6.01. The summed E-state index contributed by atoms with van der Waals surface area (Å²) in [6.07, 6.45) is 7.42. The lowest BCUT2D eigenvalue weighted by Gasteiger charge is -2.45. The minimum Gasteiger partial charge on any atom is -0.396 e. The lowest BCUT2D eigenvalue weighted by molar-refractivity contribution is 0.262.